The Bertz CT molecular complexity index is 1910. The van der Waals surface area contributed by atoms with E-state index in [2.05, 4.69) is 10.6 Å². The van der Waals surface area contributed by atoms with Gasteiger partial charge in [0.2, 0.25) is 5.91 Å². The van der Waals surface area contributed by atoms with Crippen LogP contribution in [-0.2, 0) is 17.5 Å². The minimum atomic E-state index is -4.60. The molecule has 0 saturated carbocycles. The maximum absolute atomic E-state index is 14.8. The molecule has 3 heterocycles. The average molecular weight is 757 g/mol. The summed E-state index contributed by atoms with van der Waals surface area (Å²) < 4.78 is 52.8. The summed E-state index contributed by atoms with van der Waals surface area (Å²) in [4.78, 5) is 35.6. The molecule has 6 rings (SSSR count). The predicted molar refractivity (Wildman–Crippen MR) is 193 cm³/mol. The van der Waals surface area contributed by atoms with Crippen molar-refractivity contribution in [3.05, 3.63) is 123 Å². The van der Waals surface area contributed by atoms with Crippen LogP contribution in [0.2, 0.25) is 10.0 Å². The largest absolute Gasteiger partial charge is 0.493 e. The van der Waals surface area contributed by atoms with E-state index < -0.39 is 23.8 Å². The molecule has 2 N–H and O–H groups in total. The van der Waals surface area contributed by atoms with Crippen molar-refractivity contribution in [3.8, 4) is 5.75 Å². The number of nitrogens with zero attached hydrogens (tertiary/aromatic N) is 3. The summed E-state index contributed by atoms with van der Waals surface area (Å²) in [7, 11) is 0. The van der Waals surface area contributed by atoms with Gasteiger partial charge in [-0.25, -0.2) is 4.79 Å². The van der Waals surface area contributed by atoms with Crippen LogP contribution in [0.15, 0.2) is 88.3 Å². The number of hydrogen-bond acceptors (Lipinski definition) is 6. The molecule has 3 amide bonds. The highest BCUT2D eigenvalue weighted by molar-refractivity contribution is 6.30. The van der Waals surface area contributed by atoms with Crippen molar-refractivity contribution in [3.63, 3.8) is 0 Å². The Morgan fingerprint density at radius 2 is 1.60 bits per heavy atom. The second-order valence-electron chi connectivity index (χ2n) is 12.7. The molecule has 2 aliphatic rings. The number of hydrogen-bond donors (Lipinski definition) is 2. The van der Waals surface area contributed by atoms with Crippen molar-refractivity contribution in [2.45, 2.75) is 57.5 Å². The molecule has 3 aromatic carbocycles. The Kier molecular flexibility index (Phi) is 11.5. The molecular formula is C38H38Cl2F3N5O4. The van der Waals surface area contributed by atoms with Crippen molar-refractivity contribution >= 4 is 41.0 Å². The van der Waals surface area contributed by atoms with Crippen LogP contribution >= 0.6 is 23.2 Å². The standard InChI is InChI=1S/C38H38Cl2F3N5O4/c1-3-51-32-20-26(38(41,42)43)9-15-31(32)36-46-34(24-5-10-27(39)11-6-24)35(25-7-12-28(40)13-8-25)48(36)37(50)47-18-16-29(17-19-47)44-22-33(49)45-21-30-14-4-23(2)52-30/h4-15,20,29,34-35,44H,3,16-19,21-22H2,1-2H3,(H,45,49). The number of aliphatic imine (C=N–C) groups is 1. The van der Waals surface area contributed by atoms with Gasteiger partial charge in [-0.05, 0) is 92.4 Å². The number of amidine groups is 1. The minimum Gasteiger partial charge on any atom is -0.493 e. The Hall–Kier alpha value is -4.52. The first-order valence-electron chi connectivity index (χ1n) is 17.0. The molecule has 1 saturated heterocycles. The van der Waals surface area contributed by atoms with Crippen LogP contribution in [0.4, 0.5) is 18.0 Å². The van der Waals surface area contributed by atoms with Gasteiger partial charge >= 0.3 is 12.2 Å². The number of aryl methyl sites for hydroxylation is 1. The molecule has 0 spiro atoms. The number of rotatable bonds is 10. The number of carbonyl (C=O) groups excluding carboxylic acids is 2. The van der Waals surface area contributed by atoms with Gasteiger partial charge in [0.1, 0.15) is 29.1 Å². The normalized spacial score (nSPS) is 18.0. The number of ether oxygens (including phenoxy) is 1. The molecular weight excluding hydrogens is 718 g/mol. The number of piperidine rings is 1. The molecule has 9 nitrogen and oxygen atoms in total. The third kappa shape index (κ3) is 8.57. The fourth-order valence-electron chi connectivity index (χ4n) is 6.51. The second kappa shape index (κ2) is 16.0. The minimum absolute atomic E-state index is 0.0132. The monoisotopic (exact) mass is 755 g/mol. The first kappa shape index (κ1) is 37.2. The van der Waals surface area contributed by atoms with E-state index in [1.54, 1.807) is 41.0 Å². The fourth-order valence-corrected chi connectivity index (χ4v) is 6.76. The van der Waals surface area contributed by atoms with Gasteiger partial charge in [0, 0.05) is 29.2 Å². The van der Waals surface area contributed by atoms with Crippen molar-refractivity contribution < 1.29 is 31.9 Å². The summed E-state index contributed by atoms with van der Waals surface area (Å²) in [6.07, 6.45) is -3.45. The van der Waals surface area contributed by atoms with Crippen molar-refractivity contribution in [2.75, 3.05) is 26.2 Å². The SMILES string of the molecule is CCOc1cc(C(F)(F)F)ccc1C1=NC(c2ccc(Cl)cc2)C(c2ccc(Cl)cc2)N1C(=O)N1CCC(NCC(=O)NCc2ccc(C)o2)CC1. The van der Waals surface area contributed by atoms with E-state index in [-0.39, 0.29) is 54.8 Å². The molecule has 2 aliphatic heterocycles. The van der Waals surface area contributed by atoms with Crippen LogP contribution in [0.1, 0.15) is 65.6 Å². The molecule has 14 heteroatoms. The average Bonchev–Trinajstić information content (AvgIpc) is 3.74. The molecule has 1 fully saturated rings. The summed E-state index contributed by atoms with van der Waals surface area (Å²) in [6.45, 7) is 4.75. The lowest BCUT2D eigenvalue weighted by Gasteiger charge is -2.38. The topological polar surface area (TPSA) is 99.4 Å². The highest BCUT2D eigenvalue weighted by atomic mass is 35.5. The van der Waals surface area contributed by atoms with E-state index in [9.17, 15) is 22.8 Å². The Morgan fingerprint density at radius 1 is 0.942 bits per heavy atom. The smallest absolute Gasteiger partial charge is 0.416 e. The van der Waals surface area contributed by atoms with Gasteiger partial charge in [-0.1, -0.05) is 47.5 Å². The van der Waals surface area contributed by atoms with Crippen molar-refractivity contribution in [2.24, 2.45) is 4.99 Å². The zero-order valence-electron chi connectivity index (χ0n) is 28.6. The Morgan fingerprint density at radius 3 is 2.19 bits per heavy atom. The van der Waals surface area contributed by atoms with Gasteiger partial charge < -0.3 is 24.7 Å². The van der Waals surface area contributed by atoms with E-state index >= 15 is 0 Å². The molecule has 0 bridgehead atoms. The molecule has 2 unspecified atom stereocenters. The van der Waals surface area contributed by atoms with Gasteiger partial charge in [0.05, 0.1) is 36.9 Å². The molecule has 4 aromatic rings. The predicted octanol–water partition coefficient (Wildman–Crippen LogP) is 8.35. The number of nitrogens with one attached hydrogen (secondary N) is 2. The lowest BCUT2D eigenvalue weighted by Crippen LogP contribution is -2.52. The number of halogens is 5. The van der Waals surface area contributed by atoms with Crippen LogP contribution in [0.5, 0.6) is 5.75 Å². The zero-order chi connectivity index (χ0) is 37.0. The van der Waals surface area contributed by atoms with Gasteiger partial charge in [-0.2, -0.15) is 13.2 Å². The van der Waals surface area contributed by atoms with Crippen LogP contribution < -0.4 is 15.4 Å². The molecule has 2 atom stereocenters. The number of likely N-dealkylation sites (tertiary alicyclic amines) is 1. The lowest BCUT2D eigenvalue weighted by atomic mass is 9.93. The Labute approximate surface area is 309 Å². The van der Waals surface area contributed by atoms with E-state index in [0.717, 1.165) is 29.0 Å². The number of alkyl halides is 3. The van der Waals surface area contributed by atoms with E-state index in [0.29, 0.717) is 41.7 Å². The van der Waals surface area contributed by atoms with Crippen LogP contribution in [0.3, 0.4) is 0 Å². The number of urea groups is 1. The maximum Gasteiger partial charge on any atom is 0.416 e. The van der Waals surface area contributed by atoms with E-state index in [1.807, 2.05) is 43.3 Å². The Balaban J connectivity index is 1.28. The third-order valence-electron chi connectivity index (χ3n) is 9.12. The first-order valence-corrected chi connectivity index (χ1v) is 17.7. The van der Waals surface area contributed by atoms with Crippen LogP contribution in [0, 0.1) is 6.92 Å². The van der Waals surface area contributed by atoms with Crippen molar-refractivity contribution in [1.82, 2.24) is 20.4 Å². The molecule has 1 aromatic heterocycles. The summed E-state index contributed by atoms with van der Waals surface area (Å²) >= 11 is 12.5. The quantitative estimate of drug-likeness (QED) is 0.170. The molecule has 0 radical (unpaired) electrons. The van der Waals surface area contributed by atoms with Gasteiger partial charge in [0.25, 0.3) is 0 Å². The second-order valence-corrected chi connectivity index (χ2v) is 13.5. The number of furan rings is 1. The molecule has 52 heavy (non-hydrogen) atoms. The summed E-state index contributed by atoms with van der Waals surface area (Å²) in [5.41, 5.74) is 0.865. The fraction of sp³-hybridized carbons (Fsp3) is 0.342. The third-order valence-corrected chi connectivity index (χ3v) is 9.62. The van der Waals surface area contributed by atoms with E-state index in [4.69, 9.17) is 37.3 Å². The van der Waals surface area contributed by atoms with Gasteiger partial charge in [0.15, 0.2) is 0 Å². The van der Waals surface area contributed by atoms with Crippen molar-refractivity contribution in [1.29, 1.82) is 0 Å². The maximum atomic E-state index is 14.8. The number of carbonyl (C=O) groups is 2. The lowest BCUT2D eigenvalue weighted by molar-refractivity contribution is -0.137. The summed E-state index contributed by atoms with van der Waals surface area (Å²) in [5.74, 6) is 1.41. The van der Waals surface area contributed by atoms with Crippen LogP contribution in [0.25, 0.3) is 0 Å². The van der Waals surface area contributed by atoms with Crippen LogP contribution in [-0.4, -0.2) is 59.9 Å². The summed E-state index contributed by atoms with van der Waals surface area (Å²) in [6, 6.07) is 19.4. The molecule has 0 aliphatic carbocycles. The highest BCUT2D eigenvalue weighted by Gasteiger charge is 2.45. The number of benzene rings is 3. The first-order chi connectivity index (χ1) is 24.9. The highest BCUT2D eigenvalue weighted by Crippen LogP contribution is 2.46. The molecule has 274 valence electrons. The zero-order valence-corrected chi connectivity index (χ0v) is 30.1. The number of amides is 3. The summed E-state index contributed by atoms with van der Waals surface area (Å²) in [5, 5.41) is 7.15. The van der Waals surface area contributed by atoms with Gasteiger partial charge in [-0.15, -0.1) is 0 Å². The van der Waals surface area contributed by atoms with Gasteiger partial charge in [-0.3, -0.25) is 14.7 Å². The van der Waals surface area contributed by atoms with E-state index in [1.165, 1.54) is 6.07 Å².